The van der Waals surface area contributed by atoms with Crippen molar-refractivity contribution < 1.29 is 18.3 Å². The summed E-state index contributed by atoms with van der Waals surface area (Å²) in [5.41, 5.74) is 1.15. The zero-order valence-corrected chi connectivity index (χ0v) is 8.36. The van der Waals surface area contributed by atoms with E-state index in [9.17, 15) is 13.9 Å². The van der Waals surface area contributed by atoms with Gasteiger partial charge in [0.25, 0.3) is 0 Å². The summed E-state index contributed by atoms with van der Waals surface area (Å²) < 4.78 is 30.4. The first-order valence-corrected chi connectivity index (χ1v) is 4.81. The van der Waals surface area contributed by atoms with Crippen LogP contribution in [0, 0.1) is 11.6 Å². The lowest BCUT2D eigenvalue weighted by Gasteiger charge is -2.08. The molecule has 0 spiro atoms. The van der Waals surface area contributed by atoms with Crippen LogP contribution < -0.4 is 0 Å². The van der Waals surface area contributed by atoms with Crippen LogP contribution in [0.4, 0.5) is 8.78 Å². The molecule has 2 nitrogen and oxygen atoms in total. The second kappa shape index (κ2) is 4.45. The van der Waals surface area contributed by atoms with Crippen LogP contribution in [0.15, 0.2) is 41.2 Å². The molecule has 2 aromatic rings. The van der Waals surface area contributed by atoms with Crippen molar-refractivity contribution in [2.24, 2.45) is 0 Å². The smallest absolute Gasteiger partial charge is 0.159 e. The van der Waals surface area contributed by atoms with Gasteiger partial charge in [0.15, 0.2) is 11.6 Å². The predicted molar refractivity (Wildman–Crippen MR) is 53.7 cm³/mol. The van der Waals surface area contributed by atoms with Crippen molar-refractivity contribution in [1.29, 1.82) is 0 Å². The normalized spacial score (nSPS) is 12.7. The molecule has 1 aromatic heterocycles. The lowest BCUT2D eigenvalue weighted by molar-refractivity contribution is 0.177. The molecule has 0 amide bonds. The lowest BCUT2D eigenvalue weighted by atomic mass is 10.0. The van der Waals surface area contributed by atoms with E-state index >= 15 is 0 Å². The summed E-state index contributed by atoms with van der Waals surface area (Å²) in [5, 5.41) is 9.75. The van der Waals surface area contributed by atoms with Gasteiger partial charge in [-0.2, -0.15) is 0 Å². The zero-order valence-electron chi connectivity index (χ0n) is 8.36. The molecule has 4 heteroatoms. The average molecular weight is 224 g/mol. The first kappa shape index (κ1) is 10.8. The third-order valence-electron chi connectivity index (χ3n) is 2.34. The Labute approximate surface area is 91.1 Å². The van der Waals surface area contributed by atoms with Crippen molar-refractivity contribution in [3.8, 4) is 0 Å². The fourth-order valence-corrected chi connectivity index (χ4v) is 1.47. The Morgan fingerprint density at radius 3 is 2.62 bits per heavy atom. The molecule has 1 aromatic carbocycles. The number of hydrogen-bond donors (Lipinski definition) is 1. The largest absolute Gasteiger partial charge is 0.472 e. The summed E-state index contributed by atoms with van der Waals surface area (Å²) >= 11 is 0. The molecule has 0 radical (unpaired) electrons. The van der Waals surface area contributed by atoms with Crippen LogP contribution in [0.25, 0.3) is 0 Å². The molecule has 0 aliphatic rings. The minimum atomic E-state index is -0.906. The van der Waals surface area contributed by atoms with Crippen molar-refractivity contribution in [2.45, 2.75) is 12.5 Å². The second-order valence-corrected chi connectivity index (χ2v) is 3.53. The van der Waals surface area contributed by atoms with E-state index in [1.54, 1.807) is 6.07 Å². The van der Waals surface area contributed by atoms with Crippen molar-refractivity contribution in [3.05, 3.63) is 59.6 Å². The minimum Gasteiger partial charge on any atom is -0.472 e. The fraction of sp³-hybridized carbons (Fsp3) is 0.167. The monoisotopic (exact) mass is 224 g/mol. The van der Waals surface area contributed by atoms with E-state index in [0.717, 1.165) is 12.1 Å². The molecule has 0 saturated carbocycles. The third-order valence-corrected chi connectivity index (χ3v) is 2.34. The topological polar surface area (TPSA) is 33.4 Å². The summed E-state index contributed by atoms with van der Waals surface area (Å²) in [6.45, 7) is 0. The fourth-order valence-electron chi connectivity index (χ4n) is 1.47. The summed E-state index contributed by atoms with van der Waals surface area (Å²) in [4.78, 5) is 0. The molecule has 0 saturated heterocycles. The number of furan rings is 1. The Morgan fingerprint density at radius 2 is 2.00 bits per heavy atom. The number of hydrogen-bond acceptors (Lipinski definition) is 2. The average Bonchev–Trinajstić information content (AvgIpc) is 2.77. The Morgan fingerprint density at radius 1 is 1.19 bits per heavy atom. The SMILES string of the molecule is OC(Cc1ccc(F)c(F)c1)c1ccoc1. The maximum atomic E-state index is 12.9. The molecule has 0 bridgehead atoms. The van der Waals surface area contributed by atoms with Gasteiger partial charge >= 0.3 is 0 Å². The van der Waals surface area contributed by atoms with Gasteiger partial charge in [0.1, 0.15) is 0 Å². The molecule has 1 atom stereocenters. The highest BCUT2D eigenvalue weighted by Gasteiger charge is 2.11. The molecule has 0 aliphatic carbocycles. The molecule has 0 aliphatic heterocycles. The van der Waals surface area contributed by atoms with Crippen LogP contribution >= 0.6 is 0 Å². The van der Waals surface area contributed by atoms with Crippen LogP contribution in [-0.2, 0) is 6.42 Å². The van der Waals surface area contributed by atoms with E-state index in [0.29, 0.717) is 11.1 Å². The highest BCUT2D eigenvalue weighted by Crippen LogP contribution is 2.19. The van der Waals surface area contributed by atoms with Gasteiger partial charge in [-0.3, -0.25) is 0 Å². The summed E-state index contributed by atoms with van der Waals surface area (Å²) in [5.74, 6) is -1.79. The van der Waals surface area contributed by atoms with Gasteiger partial charge in [-0.1, -0.05) is 6.07 Å². The molecular formula is C12H10F2O2. The van der Waals surface area contributed by atoms with Crippen molar-refractivity contribution >= 4 is 0 Å². The van der Waals surface area contributed by atoms with Gasteiger partial charge < -0.3 is 9.52 Å². The standard InChI is InChI=1S/C12H10F2O2/c13-10-2-1-8(5-11(10)14)6-12(15)9-3-4-16-7-9/h1-5,7,12,15H,6H2. The van der Waals surface area contributed by atoms with Crippen LogP contribution in [0.5, 0.6) is 0 Å². The summed E-state index contributed by atoms with van der Waals surface area (Å²) in [7, 11) is 0. The Balaban J connectivity index is 2.12. The first-order chi connectivity index (χ1) is 7.66. The van der Waals surface area contributed by atoms with Crippen LogP contribution in [0.3, 0.4) is 0 Å². The van der Waals surface area contributed by atoms with E-state index in [-0.39, 0.29) is 6.42 Å². The van der Waals surface area contributed by atoms with Gasteiger partial charge in [-0.25, -0.2) is 8.78 Å². The zero-order chi connectivity index (χ0) is 11.5. The molecule has 2 rings (SSSR count). The molecule has 16 heavy (non-hydrogen) atoms. The van der Waals surface area contributed by atoms with E-state index in [4.69, 9.17) is 4.42 Å². The maximum absolute atomic E-state index is 12.9. The van der Waals surface area contributed by atoms with Gasteiger partial charge in [0, 0.05) is 12.0 Å². The Hall–Kier alpha value is -1.68. The number of benzene rings is 1. The first-order valence-electron chi connectivity index (χ1n) is 4.81. The molecule has 1 unspecified atom stereocenters. The molecule has 1 N–H and O–H groups in total. The third kappa shape index (κ3) is 2.28. The van der Waals surface area contributed by atoms with Crippen molar-refractivity contribution in [1.82, 2.24) is 0 Å². The second-order valence-electron chi connectivity index (χ2n) is 3.53. The minimum absolute atomic E-state index is 0.219. The van der Waals surface area contributed by atoms with Gasteiger partial charge in [0.2, 0.25) is 0 Å². The van der Waals surface area contributed by atoms with Crippen LogP contribution in [0.2, 0.25) is 0 Å². The summed E-state index contributed by atoms with van der Waals surface area (Å²) in [6, 6.07) is 5.21. The van der Waals surface area contributed by atoms with Gasteiger partial charge in [-0.15, -0.1) is 0 Å². The molecule has 0 fully saturated rings. The molecule has 84 valence electrons. The van der Waals surface area contributed by atoms with Crippen LogP contribution in [-0.4, -0.2) is 5.11 Å². The number of halogens is 2. The van der Waals surface area contributed by atoms with Crippen molar-refractivity contribution in [3.63, 3.8) is 0 Å². The number of aliphatic hydroxyl groups excluding tert-OH is 1. The number of aliphatic hydroxyl groups is 1. The quantitative estimate of drug-likeness (QED) is 0.869. The Kier molecular flexibility index (Phi) is 3.01. The molecular weight excluding hydrogens is 214 g/mol. The van der Waals surface area contributed by atoms with E-state index in [2.05, 4.69) is 0 Å². The Bertz CT molecular complexity index is 466. The van der Waals surface area contributed by atoms with Gasteiger partial charge in [-0.05, 0) is 23.8 Å². The van der Waals surface area contributed by atoms with E-state index in [1.807, 2.05) is 0 Å². The summed E-state index contributed by atoms with van der Waals surface area (Å²) in [6.07, 6.45) is 2.31. The maximum Gasteiger partial charge on any atom is 0.159 e. The number of rotatable bonds is 3. The highest BCUT2D eigenvalue weighted by molar-refractivity contribution is 5.21. The van der Waals surface area contributed by atoms with Gasteiger partial charge in [0.05, 0.1) is 18.6 Å². The molecule has 1 heterocycles. The van der Waals surface area contributed by atoms with Crippen molar-refractivity contribution in [2.75, 3.05) is 0 Å². The predicted octanol–water partition coefficient (Wildman–Crippen LogP) is 2.83. The lowest BCUT2D eigenvalue weighted by Crippen LogP contribution is -2.01. The van der Waals surface area contributed by atoms with E-state index in [1.165, 1.54) is 18.6 Å². The highest BCUT2D eigenvalue weighted by atomic mass is 19.2. The van der Waals surface area contributed by atoms with E-state index < -0.39 is 17.7 Å². The van der Waals surface area contributed by atoms with Crippen LogP contribution in [0.1, 0.15) is 17.2 Å².